The molecule has 1 fully saturated rings. The molecule has 0 bridgehead atoms. The number of likely N-dealkylation sites (N-methyl/N-ethyl adjacent to an activating group) is 1. The van der Waals surface area contributed by atoms with Crippen LogP contribution in [-0.4, -0.2) is 31.1 Å². The number of benzene rings is 1. The molecule has 0 unspecified atom stereocenters. The number of hydrogen-bond donors (Lipinski definition) is 1. The molecule has 0 aromatic heterocycles. The maximum atomic E-state index is 13.5. The van der Waals surface area contributed by atoms with E-state index < -0.39 is 5.82 Å². The molecule has 0 aliphatic heterocycles. The molecule has 0 radical (unpaired) electrons. The second-order valence-electron chi connectivity index (χ2n) is 5.10. The second-order valence-corrected chi connectivity index (χ2v) is 5.10. The Balaban J connectivity index is 2.11. The molecule has 1 aromatic carbocycles. The normalized spacial score (nSPS) is 17.1. The van der Waals surface area contributed by atoms with Gasteiger partial charge in [-0.2, -0.15) is 5.26 Å². The Morgan fingerprint density at radius 1 is 1.44 bits per heavy atom. The van der Waals surface area contributed by atoms with E-state index in [-0.39, 0.29) is 11.1 Å². The van der Waals surface area contributed by atoms with Gasteiger partial charge in [-0.05, 0) is 45.5 Å². The van der Waals surface area contributed by atoms with Gasteiger partial charge in [-0.25, -0.2) is 4.39 Å². The van der Waals surface area contributed by atoms with Gasteiger partial charge in [0.2, 0.25) is 0 Å². The Morgan fingerprint density at radius 2 is 2.17 bits per heavy atom. The van der Waals surface area contributed by atoms with Crippen LogP contribution in [0.3, 0.4) is 0 Å². The molecule has 1 saturated carbocycles. The fraction of sp³-hybridized carbons (Fsp3) is 0.500. The first kappa shape index (κ1) is 12.8. The maximum Gasteiger partial charge on any atom is 0.143 e. The number of nitrogens with zero attached hydrogens (tertiary/aromatic N) is 2. The van der Waals surface area contributed by atoms with Gasteiger partial charge in [0.15, 0.2) is 0 Å². The molecule has 0 amide bonds. The van der Waals surface area contributed by atoms with Crippen LogP contribution >= 0.6 is 0 Å². The Kier molecular flexibility index (Phi) is 3.53. The molecular weight excluding hydrogens is 229 g/mol. The maximum absolute atomic E-state index is 13.5. The van der Waals surface area contributed by atoms with E-state index in [1.54, 1.807) is 12.1 Å². The Bertz CT molecular complexity index is 472. The Labute approximate surface area is 107 Å². The fourth-order valence-corrected chi connectivity index (χ4v) is 2.41. The van der Waals surface area contributed by atoms with E-state index in [2.05, 4.69) is 24.3 Å². The van der Waals surface area contributed by atoms with Gasteiger partial charge in [-0.3, -0.25) is 0 Å². The van der Waals surface area contributed by atoms with E-state index in [0.29, 0.717) is 5.69 Å². The predicted octanol–water partition coefficient (Wildman–Crippen LogP) is 2.59. The Hall–Kier alpha value is -1.60. The van der Waals surface area contributed by atoms with Gasteiger partial charge in [-0.1, -0.05) is 6.07 Å². The largest absolute Gasteiger partial charge is 0.382 e. The molecule has 1 aromatic rings. The number of nitriles is 1. The van der Waals surface area contributed by atoms with Crippen molar-refractivity contribution in [1.82, 2.24) is 4.90 Å². The highest BCUT2D eigenvalue weighted by Gasteiger charge is 2.38. The first-order chi connectivity index (χ1) is 8.59. The van der Waals surface area contributed by atoms with Crippen LogP contribution in [0.1, 0.15) is 24.8 Å². The van der Waals surface area contributed by atoms with Crippen LogP contribution in [0.5, 0.6) is 0 Å². The van der Waals surface area contributed by atoms with Crippen LogP contribution in [0.4, 0.5) is 10.1 Å². The number of nitrogens with one attached hydrogen (secondary N) is 1. The van der Waals surface area contributed by atoms with Gasteiger partial charge >= 0.3 is 0 Å². The molecule has 96 valence electrons. The van der Waals surface area contributed by atoms with Crippen molar-refractivity contribution in [1.29, 1.82) is 5.26 Å². The fourth-order valence-electron chi connectivity index (χ4n) is 2.41. The minimum absolute atomic E-state index is 0.103. The van der Waals surface area contributed by atoms with Crippen molar-refractivity contribution in [3.8, 4) is 6.07 Å². The molecule has 1 aliphatic carbocycles. The van der Waals surface area contributed by atoms with E-state index >= 15 is 0 Å². The lowest BCUT2D eigenvalue weighted by atomic mass is 9.75. The summed E-state index contributed by atoms with van der Waals surface area (Å²) in [6.07, 6.45) is 3.52. The van der Waals surface area contributed by atoms with Crippen LogP contribution in [-0.2, 0) is 0 Å². The van der Waals surface area contributed by atoms with Crippen molar-refractivity contribution in [2.45, 2.75) is 24.8 Å². The van der Waals surface area contributed by atoms with Gasteiger partial charge in [0.25, 0.3) is 0 Å². The van der Waals surface area contributed by atoms with Crippen LogP contribution in [0.25, 0.3) is 0 Å². The van der Waals surface area contributed by atoms with Gasteiger partial charge in [0, 0.05) is 12.1 Å². The molecule has 0 atom stereocenters. The average molecular weight is 247 g/mol. The quantitative estimate of drug-likeness (QED) is 0.889. The minimum atomic E-state index is -0.463. The molecule has 2 rings (SSSR count). The molecular formula is C14H18FN3. The summed E-state index contributed by atoms with van der Waals surface area (Å²) in [5, 5.41) is 12.2. The summed E-state index contributed by atoms with van der Waals surface area (Å²) in [7, 11) is 4.13. The standard InChI is InChI=1S/C14H18FN3/c1-18(2)14(7-4-8-14)10-17-13-6-3-5-12(15)11(13)9-16/h3,5-6,17H,4,7-8,10H2,1-2H3. The monoisotopic (exact) mass is 247 g/mol. The van der Waals surface area contributed by atoms with E-state index in [9.17, 15) is 4.39 Å². The summed E-state index contributed by atoms with van der Waals surface area (Å²) in [5.74, 6) is -0.463. The third-order valence-electron chi connectivity index (χ3n) is 3.97. The highest BCUT2D eigenvalue weighted by atomic mass is 19.1. The first-order valence-corrected chi connectivity index (χ1v) is 6.19. The lowest BCUT2D eigenvalue weighted by molar-refractivity contribution is 0.0739. The van der Waals surface area contributed by atoms with Crippen LogP contribution in [0.15, 0.2) is 18.2 Å². The van der Waals surface area contributed by atoms with Gasteiger partial charge in [0.1, 0.15) is 17.4 Å². The molecule has 18 heavy (non-hydrogen) atoms. The summed E-state index contributed by atoms with van der Waals surface area (Å²) in [4.78, 5) is 2.22. The van der Waals surface area contributed by atoms with Crippen molar-refractivity contribution in [2.24, 2.45) is 0 Å². The molecule has 4 heteroatoms. The van der Waals surface area contributed by atoms with Crippen LogP contribution < -0.4 is 5.32 Å². The minimum Gasteiger partial charge on any atom is -0.382 e. The third-order valence-corrected chi connectivity index (χ3v) is 3.97. The van der Waals surface area contributed by atoms with E-state index in [0.717, 1.165) is 19.4 Å². The van der Waals surface area contributed by atoms with Gasteiger partial charge in [-0.15, -0.1) is 0 Å². The smallest absolute Gasteiger partial charge is 0.143 e. The highest BCUT2D eigenvalue weighted by Crippen LogP contribution is 2.36. The lowest BCUT2D eigenvalue weighted by Crippen LogP contribution is -2.54. The highest BCUT2D eigenvalue weighted by molar-refractivity contribution is 5.58. The molecule has 0 heterocycles. The second kappa shape index (κ2) is 4.95. The van der Waals surface area contributed by atoms with Crippen LogP contribution in [0.2, 0.25) is 0 Å². The molecule has 3 nitrogen and oxygen atoms in total. The summed E-state index contributed by atoms with van der Waals surface area (Å²) in [6.45, 7) is 0.748. The van der Waals surface area contributed by atoms with Gasteiger partial charge in [0.05, 0.1) is 5.69 Å². The van der Waals surface area contributed by atoms with E-state index in [1.807, 2.05) is 6.07 Å². The Morgan fingerprint density at radius 3 is 2.67 bits per heavy atom. The van der Waals surface area contributed by atoms with Gasteiger partial charge < -0.3 is 10.2 Å². The first-order valence-electron chi connectivity index (χ1n) is 6.19. The number of hydrogen-bond acceptors (Lipinski definition) is 3. The third kappa shape index (κ3) is 2.19. The average Bonchev–Trinajstić information content (AvgIpc) is 2.27. The van der Waals surface area contributed by atoms with E-state index in [4.69, 9.17) is 5.26 Å². The summed E-state index contributed by atoms with van der Waals surface area (Å²) in [6, 6.07) is 6.61. The van der Waals surface area contributed by atoms with Crippen molar-refractivity contribution in [3.05, 3.63) is 29.6 Å². The SMILES string of the molecule is CN(C)C1(CNc2cccc(F)c2C#N)CCC1. The summed E-state index contributed by atoms with van der Waals surface area (Å²) < 4.78 is 13.5. The summed E-state index contributed by atoms with van der Waals surface area (Å²) in [5.41, 5.74) is 0.843. The molecule has 0 saturated heterocycles. The van der Waals surface area contributed by atoms with Crippen LogP contribution in [0, 0.1) is 17.1 Å². The molecule has 1 aliphatic rings. The van der Waals surface area contributed by atoms with Crippen molar-refractivity contribution in [3.63, 3.8) is 0 Å². The number of halogens is 1. The number of anilines is 1. The van der Waals surface area contributed by atoms with E-state index in [1.165, 1.54) is 12.5 Å². The lowest BCUT2D eigenvalue weighted by Gasteiger charge is -2.47. The molecule has 1 N–H and O–H groups in total. The number of rotatable bonds is 4. The zero-order valence-corrected chi connectivity index (χ0v) is 10.8. The topological polar surface area (TPSA) is 39.1 Å². The zero-order chi connectivity index (χ0) is 13.2. The predicted molar refractivity (Wildman–Crippen MR) is 69.9 cm³/mol. The zero-order valence-electron chi connectivity index (χ0n) is 10.8. The van der Waals surface area contributed by atoms with Crippen molar-refractivity contribution >= 4 is 5.69 Å². The van der Waals surface area contributed by atoms with Crippen molar-refractivity contribution < 1.29 is 4.39 Å². The molecule has 0 spiro atoms. The summed E-state index contributed by atoms with van der Waals surface area (Å²) >= 11 is 0. The van der Waals surface area contributed by atoms with Crippen molar-refractivity contribution in [2.75, 3.05) is 26.0 Å².